The van der Waals surface area contributed by atoms with Crippen molar-refractivity contribution in [2.24, 2.45) is 5.73 Å². The third-order valence-electron chi connectivity index (χ3n) is 4.01. The van der Waals surface area contributed by atoms with Crippen molar-refractivity contribution in [2.45, 2.75) is 26.1 Å². The highest BCUT2D eigenvalue weighted by molar-refractivity contribution is 5.94. The Balaban J connectivity index is 1.74. The molecule has 1 amide bonds. The van der Waals surface area contributed by atoms with E-state index in [1.807, 2.05) is 31.2 Å². The molecule has 0 aliphatic rings. The zero-order valence-corrected chi connectivity index (χ0v) is 14.0. The number of benzene rings is 2. The molecule has 0 fully saturated rings. The van der Waals surface area contributed by atoms with Crippen molar-refractivity contribution in [2.75, 3.05) is 0 Å². The first-order chi connectivity index (χ1) is 12.1. The normalized spacial score (nSPS) is 12.1. The fourth-order valence-corrected chi connectivity index (χ4v) is 2.71. The van der Waals surface area contributed by atoms with Crippen LogP contribution in [0.5, 0.6) is 0 Å². The van der Waals surface area contributed by atoms with E-state index in [-0.39, 0.29) is 17.5 Å². The number of aromatic nitrogens is 2. The number of fused-ring (bicyclic) bond motifs is 1. The van der Waals surface area contributed by atoms with E-state index in [1.54, 1.807) is 30.5 Å². The second-order valence-electron chi connectivity index (χ2n) is 6.00. The average molecular weight is 336 g/mol. The van der Waals surface area contributed by atoms with Gasteiger partial charge in [0.2, 0.25) is 0 Å². The van der Waals surface area contributed by atoms with E-state index in [0.717, 1.165) is 10.9 Å². The highest BCUT2D eigenvalue weighted by Gasteiger charge is 2.12. The maximum atomic E-state index is 12.5. The number of amides is 1. The van der Waals surface area contributed by atoms with E-state index < -0.39 is 0 Å². The Hall–Kier alpha value is -2.99. The number of nitrogens with one attached hydrogen (secondary N) is 1. The fraction of sp³-hybridized carbons (Fsp3) is 0.211. The number of nitrogens with two attached hydrogens (primary N) is 1. The van der Waals surface area contributed by atoms with Crippen molar-refractivity contribution in [3.05, 3.63) is 76.2 Å². The van der Waals surface area contributed by atoms with Crippen LogP contribution in [0.15, 0.2) is 59.5 Å². The molecule has 25 heavy (non-hydrogen) atoms. The van der Waals surface area contributed by atoms with E-state index in [0.29, 0.717) is 24.0 Å². The van der Waals surface area contributed by atoms with Crippen LogP contribution in [-0.2, 0) is 13.1 Å². The van der Waals surface area contributed by atoms with Gasteiger partial charge in [-0.05, 0) is 30.7 Å². The summed E-state index contributed by atoms with van der Waals surface area (Å²) in [6, 6.07) is 14.2. The van der Waals surface area contributed by atoms with Crippen LogP contribution in [-0.4, -0.2) is 21.7 Å². The molecule has 6 nitrogen and oxygen atoms in total. The molecule has 1 heterocycles. The van der Waals surface area contributed by atoms with Gasteiger partial charge >= 0.3 is 0 Å². The summed E-state index contributed by atoms with van der Waals surface area (Å²) in [5.74, 6) is -0.198. The molecule has 0 bridgehead atoms. The molecule has 0 saturated heterocycles. The third kappa shape index (κ3) is 3.75. The van der Waals surface area contributed by atoms with Gasteiger partial charge in [-0.2, -0.15) is 5.10 Å². The quantitative estimate of drug-likeness (QED) is 0.742. The van der Waals surface area contributed by atoms with Crippen LogP contribution in [0.4, 0.5) is 0 Å². The maximum Gasteiger partial charge on any atom is 0.274 e. The number of carbonyl (C=O) groups excluding carboxylic acids is 1. The number of hydrogen-bond donors (Lipinski definition) is 2. The average Bonchev–Trinajstić information content (AvgIpc) is 2.64. The Bertz CT molecular complexity index is 965. The molecular formula is C19H20N4O2. The molecule has 0 spiro atoms. The molecule has 0 aliphatic carbocycles. The summed E-state index contributed by atoms with van der Waals surface area (Å²) >= 11 is 0. The van der Waals surface area contributed by atoms with Gasteiger partial charge in [-0.3, -0.25) is 9.59 Å². The van der Waals surface area contributed by atoms with Gasteiger partial charge in [0, 0.05) is 23.5 Å². The van der Waals surface area contributed by atoms with Gasteiger partial charge < -0.3 is 11.1 Å². The lowest BCUT2D eigenvalue weighted by Crippen LogP contribution is -2.39. The highest BCUT2D eigenvalue weighted by atomic mass is 16.2. The summed E-state index contributed by atoms with van der Waals surface area (Å²) in [6.07, 6.45) is 1.66. The zero-order chi connectivity index (χ0) is 17.8. The van der Waals surface area contributed by atoms with Crippen molar-refractivity contribution in [3.63, 3.8) is 0 Å². The summed E-state index contributed by atoms with van der Waals surface area (Å²) in [5, 5.41) is 8.50. The minimum Gasteiger partial charge on any atom is -0.348 e. The van der Waals surface area contributed by atoms with Gasteiger partial charge in [0.15, 0.2) is 0 Å². The van der Waals surface area contributed by atoms with Crippen molar-refractivity contribution in [1.82, 2.24) is 15.1 Å². The summed E-state index contributed by atoms with van der Waals surface area (Å²) < 4.78 is 1.38. The van der Waals surface area contributed by atoms with E-state index in [1.165, 1.54) is 4.68 Å². The van der Waals surface area contributed by atoms with Crippen molar-refractivity contribution >= 4 is 16.7 Å². The molecule has 1 aromatic heterocycles. The predicted molar refractivity (Wildman–Crippen MR) is 97.3 cm³/mol. The van der Waals surface area contributed by atoms with Crippen molar-refractivity contribution < 1.29 is 4.79 Å². The second kappa shape index (κ2) is 7.27. The van der Waals surface area contributed by atoms with Gasteiger partial charge in [0.05, 0.1) is 18.1 Å². The minimum absolute atomic E-state index is 0.163. The largest absolute Gasteiger partial charge is 0.348 e. The Morgan fingerprint density at radius 2 is 2.04 bits per heavy atom. The molecule has 1 atom stereocenters. The summed E-state index contributed by atoms with van der Waals surface area (Å²) in [6.45, 7) is 2.52. The highest BCUT2D eigenvalue weighted by Crippen LogP contribution is 2.07. The van der Waals surface area contributed by atoms with Gasteiger partial charge in [0.25, 0.3) is 11.5 Å². The molecule has 2 aromatic carbocycles. The van der Waals surface area contributed by atoms with Crippen LogP contribution < -0.4 is 16.6 Å². The number of hydrogen-bond acceptors (Lipinski definition) is 4. The molecule has 0 radical (unpaired) electrons. The standard InChI is InChI=1S/C19H20N4O2/c1-13(22-18(24)15-7-4-5-14(9-15)10-20)12-23-19(25)17-8-3-2-6-16(17)11-21-23/h2-9,11,13H,10,12,20H2,1H3,(H,22,24). The maximum absolute atomic E-state index is 12.5. The number of rotatable bonds is 5. The Kier molecular flexibility index (Phi) is 4.90. The lowest BCUT2D eigenvalue weighted by atomic mass is 10.1. The first-order valence-electron chi connectivity index (χ1n) is 8.13. The van der Waals surface area contributed by atoms with Crippen molar-refractivity contribution in [3.8, 4) is 0 Å². The monoisotopic (exact) mass is 336 g/mol. The molecule has 128 valence electrons. The molecule has 3 aromatic rings. The Labute approximate surface area is 145 Å². The van der Waals surface area contributed by atoms with Gasteiger partial charge in [0.1, 0.15) is 0 Å². The lowest BCUT2D eigenvalue weighted by Gasteiger charge is -2.15. The predicted octanol–water partition coefficient (Wildman–Crippen LogP) is 1.67. The summed E-state index contributed by atoms with van der Waals surface area (Å²) in [5.41, 5.74) is 6.89. The lowest BCUT2D eigenvalue weighted by molar-refractivity contribution is 0.0935. The van der Waals surface area contributed by atoms with Crippen LogP contribution in [0.1, 0.15) is 22.8 Å². The number of nitrogens with zero attached hydrogens (tertiary/aromatic N) is 2. The van der Waals surface area contributed by atoms with Crippen LogP contribution in [0, 0.1) is 0 Å². The molecule has 0 aliphatic heterocycles. The minimum atomic E-state index is -0.250. The Morgan fingerprint density at radius 3 is 2.84 bits per heavy atom. The second-order valence-corrected chi connectivity index (χ2v) is 6.00. The first kappa shape index (κ1) is 16.9. The van der Waals surface area contributed by atoms with Crippen LogP contribution in [0.25, 0.3) is 10.8 Å². The van der Waals surface area contributed by atoms with Gasteiger partial charge in [-0.1, -0.05) is 30.3 Å². The van der Waals surface area contributed by atoms with E-state index in [2.05, 4.69) is 10.4 Å². The smallest absolute Gasteiger partial charge is 0.274 e. The zero-order valence-electron chi connectivity index (χ0n) is 14.0. The molecular weight excluding hydrogens is 316 g/mol. The first-order valence-corrected chi connectivity index (χ1v) is 8.13. The number of carbonyl (C=O) groups is 1. The van der Waals surface area contributed by atoms with Gasteiger partial charge in [-0.25, -0.2) is 4.68 Å². The summed E-state index contributed by atoms with van der Waals surface area (Å²) in [7, 11) is 0. The third-order valence-corrected chi connectivity index (χ3v) is 4.01. The fourth-order valence-electron chi connectivity index (χ4n) is 2.71. The van der Waals surface area contributed by atoms with Crippen LogP contribution in [0.2, 0.25) is 0 Å². The molecule has 1 unspecified atom stereocenters. The summed E-state index contributed by atoms with van der Waals surface area (Å²) in [4.78, 5) is 24.8. The Morgan fingerprint density at radius 1 is 1.24 bits per heavy atom. The van der Waals surface area contributed by atoms with Crippen LogP contribution in [0.3, 0.4) is 0 Å². The van der Waals surface area contributed by atoms with Gasteiger partial charge in [-0.15, -0.1) is 0 Å². The topological polar surface area (TPSA) is 90.0 Å². The van der Waals surface area contributed by atoms with E-state index >= 15 is 0 Å². The molecule has 6 heteroatoms. The van der Waals surface area contributed by atoms with Crippen LogP contribution >= 0.6 is 0 Å². The molecule has 0 saturated carbocycles. The SMILES string of the molecule is CC(Cn1ncc2ccccc2c1=O)NC(=O)c1cccc(CN)c1. The van der Waals surface area contributed by atoms with E-state index in [9.17, 15) is 9.59 Å². The van der Waals surface area contributed by atoms with Crippen molar-refractivity contribution in [1.29, 1.82) is 0 Å². The molecule has 3 N–H and O–H groups in total. The van der Waals surface area contributed by atoms with E-state index in [4.69, 9.17) is 5.73 Å². The molecule has 3 rings (SSSR count).